The van der Waals surface area contributed by atoms with Crippen molar-refractivity contribution in [1.29, 1.82) is 0 Å². The monoisotopic (exact) mass is 360 g/mol. The van der Waals surface area contributed by atoms with Gasteiger partial charge in [-0.25, -0.2) is 8.42 Å². The highest BCUT2D eigenvalue weighted by Gasteiger charge is 2.22. The molecule has 5 nitrogen and oxygen atoms in total. The second-order valence-corrected chi connectivity index (χ2v) is 8.33. The Morgan fingerprint density at radius 3 is 2.16 bits per heavy atom. The fraction of sp³-hybridized carbons (Fsp3) is 0.316. The number of aryl methyl sites for hydroxylation is 4. The van der Waals surface area contributed by atoms with Crippen LogP contribution in [0.4, 0.5) is 11.4 Å². The summed E-state index contributed by atoms with van der Waals surface area (Å²) in [5, 5.41) is 2.80. The minimum Gasteiger partial charge on any atom is -0.324 e. The molecule has 0 radical (unpaired) electrons. The maximum Gasteiger partial charge on any atom is 0.245 e. The zero-order chi connectivity index (χ0) is 18.8. The standard InChI is InChI=1S/C19H24N2O3S/c1-13-7-9-17(16(4)10-13)20-19(22)12-21(25(5,23)24)18-11-14(2)6-8-15(18)3/h6-11H,12H2,1-5H3,(H,20,22). The average Bonchev–Trinajstić information content (AvgIpc) is 2.49. The number of nitrogens with one attached hydrogen (secondary N) is 1. The Labute approximate surface area is 149 Å². The van der Waals surface area contributed by atoms with Crippen molar-refractivity contribution in [3.63, 3.8) is 0 Å². The van der Waals surface area contributed by atoms with E-state index in [2.05, 4.69) is 5.32 Å². The Hall–Kier alpha value is -2.34. The number of sulfonamides is 1. The fourth-order valence-electron chi connectivity index (χ4n) is 2.64. The molecule has 0 aromatic heterocycles. The van der Waals surface area contributed by atoms with Crippen molar-refractivity contribution < 1.29 is 13.2 Å². The molecule has 0 aliphatic heterocycles. The Balaban J connectivity index is 2.28. The molecule has 0 atom stereocenters. The summed E-state index contributed by atoms with van der Waals surface area (Å²) in [6, 6.07) is 11.2. The zero-order valence-electron chi connectivity index (χ0n) is 15.3. The molecule has 0 unspecified atom stereocenters. The van der Waals surface area contributed by atoms with Crippen molar-refractivity contribution in [2.45, 2.75) is 27.7 Å². The number of carbonyl (C=O) groups is 1. The summed E-state index contributed by atoms with van der Waals surface area (Å²) in [6.07, 6.45) is 1.11. The van der Waals surface area contributed by atoms with Gasteiger partial charge in [-0.2, -0.15) is 0 Å². The molecule has 0 saturated carbocycles. The molecule has 2 aromatic rings. The molecule has 134 valence electrons. The SMILES string of the molecule is Cc1ccc(NC(=O)CN(c2cc(C)ccc2C)S(C)(=O)=O)c(C)c1. The number of hydrogen-bond acceptors (Lipinski definition) is 3. The second kappa shape index (κ2) is 7.27. The van der Waals surface area contributed by atoms with Gasteiger partial charge in [0.25, 0.3) is 0 Å². The van der Waals surface area contributed by atoms with E-state index in [9.17, 15) is 13.2 Å². The van der Waals surface area contributed by atoms with Crippen LogP contribution >= 0.6 is 0 Å². The van der Waals surface area contributed by atoms with Crippen molar-refractivity contribution in [3.8, 4) is 0 Å². The van der Waals surface area contributed by atoms with Gasteiger partial charge in [-0.15, -0.1) is 0 Å². The van der Waals surface area contributed by atoms with Crippen LogP contribution in [0.25, 0.3) is 0 Å². The van der Waals surface area contributed by atoms with Gasteiger partial charge in [0.2, 0.25) is 15.9 Å². The summed E-state index contributed by atoms with van der Waals surface area (Å²) in [4.78, 5) is 12.5. The Bertz CT molecular complexity index is 905. The molecule has 0 aliphatic carbocycles. The van der Waals surface area contributed by atoms with Crippen LogP contribution in [0.3, 0.4) is 0 Å². The predicted octanol–water partition coefficient (Wildman–Crippen LogP) is 3.32. The summed E-state index contributed by atoms with van der Waals surface area (Å²) in [5.41, 5.74) is 4.98. The first-order chi connectivity index (χ1) is 11.6. The normalized spacial score (nSPS) is 11.2. The number of benzene rings is 2. The van der Waals surface area contributed by atoms with E-state index < -0.39 is 10.0 Å². The first kappa shape index (κ1) is 19.0. The number of anilines is 2. The van der Waals surface area contributed by atoms with Gasteiger partial charge in [-0.05, 0) is 56.5 Å². The topological polar surface area (TPSA) is 66.5 Å². The van der Waals surface area contributed by atoms with Crippen molar-refractivity contribution in [2.24, 2.45) is 0 Å². The highest BCUT2D eigenvalue weighted by molar-refractivity contribution is 7.92. The largest absolute Gasteiger partial charge is 0.324 e. The van der Waals surface area contributed by atoms with Gasteiger partial charge in [0.1, 0.15) is 6.54 Å². The van der Waals surface area contributed by atoms with Crippen LogP contribution < -0.4 is 9.62 Å². The molecule has 0 saturated heterocycles. The van der Waals surface area contributed by atoms with Gasteiger partial charge in [-0.1, -0.05) is 29.8 Å². The van der Waals surface area contributed by atoms with Crippen LogP contribution in [-0.2, 0) is 14.8 Å². The van der Waals surface area contributed by atoms with Gasteiger partial charge >= 0.3 is 0 Å². The summed E-state index contributed by atoms with van der Waals surface area (Å²) < 4.78 is 25.6. The number of rotatable bonds is 5. The second-order valence-electron chi connectivity index (χ2n) is 6.43. The minimum absolute atomic E-state index is 0.267. The number of nitrogens with zero attached hydrogens (tertiary/aromatic N) is 1. The summed E-state index contributed by atoms with van der Waals surface area (Å²) in [6.45, 7) is 7.33. The molecule has 1 N–H and O–H groups in total. The van der Waals surface area contributed by atoms with E-state index in [4.69, 9.17) is 0 Å². The predicted molar refractivity (Wildman–Crippen MR) is 103 cm³/mol. The first-order valence-electron chi connectivity index (χ1n) is 8.00. The molecule has 2 aromatic carbocycles. The Morgan fingerprint density at radius 2 is 1.56 bits per heavy atom. The summed E-state index contributed by atoms with van der Waals surface area (Å²) in [5.74, 6) is -0.377. The zero-order valence-corrected chi connectivity index (χ0v) is 16.1. The van der Waals surface area contributed by atoms with E-state index in [0.717, 1.165) is 32.8 Å². The van der Waals surface area contributed by atoms with E-state index in [1.807, 2.05) is 58.0 Å². The molecule has 0 bridgehead atoms. The van der Waals surface area contributed by atoms with Gasteiger partial charge < -0.3 is 5.32 Å². The highest BCUT2D eigenvalue weighted by Crippen LogP contribution is 2.24. The summed E-state index contributed by atoms with van der Waals surface area (Å²) in [7, 11) is -3.59. The van der Waals surface area contributed by atoms with Gasteiger partial charge in [-0.3, -0.25) is 9.10 Å². The quantitative estimate of drug-likeness (QED) is 0.889. The van der Waals surface area contributed by atoms with Crippen molar-refractivity contribution in [3.05, 3.63) is 58.7 Å². The van der Waals surface area contributed by atoms with Crippen LogP contribution in [-0.4, -0.2) is 27.1 Å². The first-order valence-corrected chi connectivity index (χ1v) is 9.85. The molecule has 6 heteroatoms. The molecule has 0 heterocycles. The number of carbonyl (C=O) groups excluding carboxylic acids is 1. The summed E-state index contributed by atoms with van der Waals surface area (Å²) >= 11 is 0. The van der Waals surface area contributed by atoms with E-state index in [0.29, 0.717) is 11.4 Å². The van der Waals surface area contributed by atoms with Crippen molar-refractivity contribution in [2.75, 3.05) is 22.4 Å². The van der Waals surface area contributed by atoms with E-state index in [1.54, 1.807) is 6.07 Å². The molecule has 0 fully saturated rings. The molecule has 25 heavy (non-hydrogen) atoms. The van der Waals surface area contributed by atoms with Crippen molar-refractivity contribution >= 4 is 27.3 Å². The maximum absolute atomic E-state index is 12.5. The third-order valence-electron chi connectivity index (χ3n) is 3.98. The molecular weight excluding hydrogens is 336 g/mol. The van der Waals surface area contributed by atoms with Gasteiger partial charge in [0.15, 0.2) is 0 Å². The lowest BCUT2D eigenvalue weighted by Crippen LogP contribution is -2.38. The lowest BCUT2D eigenvalue weighted by Gasteiger charge is -2.24. The number of hydrogen-bond donors (Lipinski definition) is 1. The average molecular weight is 360 g/mol. The van der Waals surface area contributed by atoms with E-state index >= 15 is 0 Å². The van der Waals surface area contributed by atoms with Crippen molar-refractivity contribution in [1.82, 2.24) is 0 Å². The van der Waals surface area contributed by atoms with Crippen LogP contribution in [0.1, 0.15) is 22.3 Å². The molecular formula is C19H24N2O3S. The fourth-order valence-corrected chi connectivity index (χ4v) is 3.55. The van der Waals surface area contributed by atoms with Gasteiger partial charge in [0.05, 0.1) is 11.9 Å². The lowest BCUT2D eigenvalue weighted by atomic mass is 10.1. The molecule has 0 aliphatic rings. The minimum atomic E-state index is -3.59. The van der Waals surface area contributed by atoms with E-state index in [1.165, 1.54) is 0 Å². The van der Waals surface area contributed by atoms with Crippen LogP contribution in [0.2, 0.25) is 0 Å². The third kappa shape index (κ3) is 4.82. The maximum atomic E-state index is 12.5. The Kier molecular flexibility index (Phi) is 5.52. The number of amides is 1. The van der Waals surface area contributed by atoms with E-state index in [-0.39, 0.29) is 12.5 Å². The van der Waals surface area contributed by atoms with Crippen LogP contribution in [0.15, 0.2) is 36.4 Å². The highest BCUT2D eigenvalue weighted by atomic mass is 32.2. The molecule has 0 spiro atoms. The van der Waals surface area contributed by atoms with Gasteiger partial charge in [0, 0.05) is 5.69 Å². The Morgan fingerprint density at radius 1 is 0.960 bits per heavy atom. The third-order valence-corrected chi connectivity index (χ3v) is 5.10. The van der Waals surface area contributed by atoms with Crippen LogP contribution in [0.5, 0.6) is 0 Å². The van der Waals surface area contributed by atoms with Crippen LogP contribution in [0, 0.1) is 27.7 Å². The smallest absolute Gasteiger partial charge is 0.245 e. The molecule has 2 rings (SSSR count). The molecule has 1 amide bonds. The lowest BCUT2D eigenvalue weighted by molar-refractivity contribution is -0.114.